The first-order valence-corrected chi connectivity index (χ1v) is 6.06. The first-order valence-electron chi connectivity index (χ1n) is 6.06. The fourth-order valence-electron chi connectivity index (χ4n) is 2.27. The summed E-state index contributed by atoms with van der Waals surface area (Å²) >= 11 is 0. The Morgan fingerprint density at radius 2 is 2.06 bits per heavy atom. The summed E-state index contributed by atoms with van der Waals surface area (Å²) < 4.78 is 43.6. The van der Waals surface area contributed by atoms with Crippen LogP contribution in [0.2, 0.25) is 0 Å². The van der Waals surface area contributed by atoms with Gasteiger partial charge in [-0.2, -0.15) is 13.2 Å². The third-order valence-corrected chi connectivity index (χ3v) is 3.15. The second-order valence-electron chi connectivity index (χ2n) is 4.47. The van der Waals surface area contributed by atoms with Gasteiger partial charge in [-0.05, 0) is 26.4 Å². The molecule has 0 aliphatic carbocycles. The van der Waals surface area contributed by atoms with E-state index < -0.39 is 18.0 Å². The molecule has 0 saturated carbocycles. The van der Waals surface area contributed by atoms with Crippen LogP contribution >= 0.6 is 0 Å². The molecule has 0 radical (unpaired) electrons. The van der Waals surface area contributed by atoms with E-state index in [-0.39, 0.29) is 13.2 Å². The summed E-state index contributed by atoms with van der Waals surface area (Å²) in [6.07, 6.45) is -3.38. The van der Waals surface area contributed by atoms with Crippen LogP contribution in [0, 0.1) is 11.8 Å². The summed E-state index contributed by atoms with van der Waals surface area (Å²) in [5.74, 6) is -1.69. The Bertz CT molecular complexity index is 223. The fraction of sp³-hybridized carbons (Fsp3) is 1.00. The molecule has 6 heteroatoms. The Hall–Kier alpha value is -0.330. The van der Waals surface area contributed by atoms with Gasteiger partial charge in [0.2, 0.25) is 0 Å². The molecule has 2 N–H and O–H groups in total. The summed E-state index contributed by atoms with van der Waals surface area (Å²) in [5, 5.41) is 0. The van der Waals surface area contributed by atoms with Crippen molar-refractivity contribution in [2.75, 3.05) is 39.4 Å². The molecule has 1 saturated heterocycles. The van der Waals surface area contributed by atoms with Gasteiger partial charge in [-0.3, -0.25) is 0 Å². The Morgan fingerprint density at radius 1 is 1.35 bits per heavy atom. The van der Waals surface area contributed by atoms with Gasteiger partial charge in [0.15, 0.2) is 0 Å². The van der Waals surface area contributed by atoms with Crippen molar-refractivity contribution in [3.8, 4) is 0 Å². The van der Waals surface area contributed by atoms with Gasteiger partial charge in [-0.25, -0.2) is 0 Å². The largest absolute Gasteiger partial charge is 0.393 e. The van der Waals surface area contributed by atoms with Crippen LogP contribution in [0.25, 0.3) is 0 Å². The fourth-order valence-corrected chi connectivity index (χ4v) is 2.27. The van der Waals surface area contributed by atoms with Crippen LogP contribution in [0.3, 0.4) is 0 Å². The highest BCUT2D eigenvalue weighted by Gasteiger charge is 2.49. The van der Waals surface area contributed by atoms with Gasteiger partial charge in [-0.1, -0.05) is 0 Å². The molecule has 0 amide bonds. The molecule has 17 heavy (non-hydrogen) atoms. The molecule has 102 valence electrons. The van der Waals surface area contributed by atoms with E-state index in [2.05, 4.69) is 0 Å². The Morgan fingerprint density at radius 3 is 2.59 bits per heavy atom. The van der Waals surface area contributed by atoms with E-state index in [9.17, 15) is 13.2 Å². The Labute approximate surface area is 100 Å². The van der Waals surface area contributed by atoms with E-state index in [0.717, 1.165) is 6.42 Å². The van der Waals surface area contributed by atoms with Gasteiger partial charge >= 0.3 is 6.18 Å². The second-order valence-corrected chi connectivity index (χ2v) is 4.47. The zero-order chi connectivity index (χ0) is 12.9. The molecular weight excluding hydrogens is 233 g/mol. The quantitative estimate of drug-likeness (QED) is 0.780. The highest BCUT2D eigenvalue weighted by atomic mass is 19.4. The molecule has 0 spiro atoms. The number of halogens is 3. The van der Waals surface area contributed by atoms with E-state index in [1.54, 1.807) is 6.92 Å². The third kappa shape index (κ3) is 4.44. The van der Waals surface area contributed by atoms with Gasteiger partial charge < -0.3 is 15.4 Å². The van der Waals surface area contributed by atoms with Crippen LogP contribution in [-0.4, -0.2) is 50.5 Å². The van der Waals surface area contributed by atoms with Gasteiger partial charge in [0.05, 0.1) is 12.5 Å². The first kappa shape index (κ1) is 14.7. The average molecular weight is 254 g/mol. The summed E-state index contributed by atoms with van der Waals surface area (Å²) in [7, 11) is 0. The number of likely N-dealkylation sites (tertiary alicyclic amines) is 1. The van der Waals surface area contributed by atoms with Crippen LogP contribution in [0.4, 0.5) is 13.2 Å². The van der Waals surface area contributed by atoms with Crippen molar-refractivity contribution in [1.29, 1.82) is 0 Å². The topological polar surface area (TPSA) is 38.5 Å². The molecule has 1 heterocycles. The lowest BCUT2D eigenvalue weighted by molar-refractivity contribution is -0.184. The standard InChI is InChI=1S/C11H21F3N2O/c1-2-17-8-9-6-16(5-3-4-15)7-10(9)11(12,13)14/h9-10H,2-8,15H2,1H3/t9-,10+/m0/s1. The molecule has 0 unspecified atom stereocenters. The molecule has 1 rings (SSSR count). The van der Waals surface area contributed by atoms with Crippen molar-refractivity contribution in [3.05, 3.63) is 0 Å². The molecular formula is C11H21F3N2O. The molecule has 0 aromatic heterocycles. The van der Waals surface area contributed by atoms with E-state index in [1.807, 2.05) is 4.90 Å². The second kappa shape index (κ2) is 6.56. The van der Waals surface area contributed by atoms with Crippen molar-refractivity contribution < 1.29 is 17.9 Å². The highest BCUT2D eigenvalue weighted by molar-refractivity contribution is 4.88. The van der Waals surface area contributed by atoms with Crippen molar-refractivity contribution in [3.63, 3.8) is 0 Å². The average Bonchev–Trinajstić information content (AvgIpc) is 2.66. The minimum atomic E-state index is -4.13. The molecule has 1 aliphatic rings. The Kier molecular flexibility index (Phi) is 5.69. The first-order chi connectivity index (χ1) is 7.99. The van der Waals surface area contributed by atoms with Crippen molar-refractivity contribution >= 4 is 0 Å². The third-order valence-electron chi connectivity index (χ3n) is 3.15. The predicted molar refractivity (Wildman–Crippen MR) is 59.6 cm³/mol. The number of nitrogens with zero attached hydrogens (tertiary/aromatic N) is 1. The van der Waals surface area contributed by atoms with Crippen molar-refractivity contribution in [2.45, 2.75) is 19.5 Å². The number of rotatable bonds is 6. The Balaban J connectivity index is 2.53. The number of alkyl halides is 3. The van der Waals surface area contributed by atoms with Crippen LogP contribution in [-0.2, 0) is 4.74 Å². The molecule has 0 aromatic carbocycles. The molecule has 1 fully saturated rings. The molecule has 2 atom stereocenters. The van der Waals surface area contributed by atoms with Gasteiger partial charge in [0.25, 0.3) is 0 Å². The maximum atomic E-state index is 12.8. The number of hydrogen-bond acceptors (Lipinski definition) is 3. The minimum Gasteiger partial charge on any atom is -0.381 e. The van der Waals surface area contributed by atoms with Crippen LogP contribution in [0.15, 0.2) is 0 Å². The minimum absolute atomic E-state index is 0.0846. The van der Waals surface area contributed by atoms with Crippen LogP contribution in [0.1, 0.15) is 13.3 Å². The van der Waals surface area contributed by atoms with Crippen LogP contribution in [0.5, 0.6) is 0 Å². The molecule has 3 nitrogen and oxygen atoms in total. The SMILES string of the molecule is CCOC[C@@H]1CN(CCCN)C[C@H]1C(F)(F)F. The molecule has 1 aliphatic heterocycles. The number of ether oxygens (including phenoxy) is 1. The normalized spacial score (nSPS) is 26.6. The lowest BCUT2D eigenvalue weighted by atomic mass is 9.96. The summed E-state index contributed by atoms with van der Waals surface area (Å²) in [4.78, 5) is 1.84. The number of nitrogens with two attached hydrogens (primary N) is 1. The van der Waals surface area contributed by atoms with E-state index in [0.29, 0.717) is 26.2 Å². The molecule has 0 aromatic rings. The zero-order valence-corrected chi connectivity index (χ0v) is 10.2. The van der Waals surface area contributed by atoms with Crippen LogP contribution < -0.4 is 5.73 Å². The zero-order valence-electron chi connectivity index (χ0n) is 10.2. The van der Waals surface area contributed by atoms with E-state index >= 15 is 0 Å². The van der Waals surface area contributed by atoms with E-state index in [4.69, 9.17) is 10.5 Å². The summed E-state index contributed by atoms with van der Waals surface area (Å²) in [5.41, 5.74) is 5.37. The number of hydrogen-bond donors (Lipinski definition) is 1. The van der Waals surface area contributed by atoms with Gasteiger partial charge in [0.1, 0.15) is 0 Å². The lowest BCUT2D eigenvalue weighted by Gasteiger charge is -2.20. The van der Waals surface area contributed by atoms with E-state index in [1.165, 1.54) is 0 Å². The highest BCUT2D eigenvalue weighted by Crippen LogP contribution is 2.37. The lowest BCUT2D eigenvalue weighted by Crippen LogP contribution is -2.32. The van der Waals surface area contributed by atoms with Gasteiger partial charge in [-0.15, -0.1) is 0 Å². The molecule has 0 bridgehead atoms. The van der Waals surface area contributed by atoms with Gasteiger partial charge in [0, 0.05) is 25.6 Å². The summed E-state index contributed by atoms with van der Waals surface area (Å²) in [6.45, 7) is 4.16. The van der Waals surface area contributed by atoms with Crippen molar-refractivity contribution in [1.82, 2.24) is 4.90 Å². The predicted octanol–water partition coefficient (Wildman–Crippen LogP) is 1.48. The van der Waals surface area contributed by atoms with Crippen molar-refractivity contribution in [2.24, 2.45) is 17.6 Å². The monoisotopic (exact) mass is 254 g/mol. The smallest absolute Gasteiger partial charge is 0.381 e. The maximum Gasteiger partial charge on any atom is 0.393 e. The summed E-state index contributed by atoms with van der Waals surface area (Å²) in [6, 6.07) is 0. The maximum absolute atomic E-state index is 12.8.